The van der Waals surface area contributed by atoms with Crippen molar-refractivity contribution in [2.75, 3.05) is 18.0 Å². The highest BCUT2D eigenvalue weighted by Crippen LogP contribution is 2.15. The van der Waals surface area contributed by atoms with Crippen LogP contribution in [0.25, 0.3) is 0 Å². The topological polar surface area (TPSA) is 66.5 Å². The molecule has 0 amide bonds. The van der Waals surface area contributed by atoms with Gasteiger partial charge in [0.15, 0.2) is 0 Å². The Morgan fingerprint density at radius 3 is 2.55 bits per heavy atom. The molecule has 6 nitrogen and oxygen atoms in total. The van der Waals surface area contributed by atoms with Gasteiger partial charge in [-0.1, -0.05) is 18.2 Å². The number of hydrogen-bond acceptors (Lipinski definition) is 5. The minimum atomic E-state index is 0.363. The molecule has 0 unspecified atom stereocenters. The molecule has 104 valence electrons. The van der Waals surface area contributed by atoms with Crippen LogP contribution < -0.4 is 10.5 Å². The molecule has 2 aromatic rings. The summed E-state index contributed by atoms with van der Waals surface area (Å²) in [6.07, 6.45) is 4.82. The molecule has 20 heavy (non-hydrogen) atoms. The molecule has 0 bridgehead atoms. The Kier molecular flexibility index (Phi) is 3.62. The molecular weight excluding hydrogens is 254 g/mol. The quantitative estimate of drug-likeness (QED) is 0.845. The lowest BCUT2D eigenvalue weighted by atomic mass is 10.1. The van der Waals surface area contributed by atoms with Crippen molar-refractivity contribution in [1.29, 1.82) is 0 Å². The maximum absolute atomic E-state index is 9.86. The van der Waals surface area contributed by atoms with Crippen LogP contribution in [0.1, 0.15) is 19.3 Å². The molecule has 6 heteroatoms. The number of hydrogen-bond donors (Lipinski definition) is 1. The van der Waals surface area contributed by atoms with E-state index in [0.717, 1.165) is 36.3 Å². The van der Waals surface area contributed by atoms with E-state index in [1.54, 1.807) is 0 Å². The molecule has 3 rings (SSSR count). The van der Waals surface area contributed by atoms with Crippen molar-refractivity contribution >= 4 is 11.6 Å². The number of para-hydroxylation sites is 1. The average molecular weight is 271 g/mol. The second kappa shape index (κ2) is 5.73. The second-order valence-corrected chi connectivity index (χ2v) is 4.80. The first kappa shape index (κ1) is 12.7. The molecule has 0 radical (unpaired) electrons. The van der Waals surface area contributed by atoms with Crippen LogP contribution in [0.5, 0.6) is 0 Å². The van der Waals surface area contributed by atoms with Crippen LogP contribution in [0, 0.1) is 0 Å². The van der Waals surface area contributed by atoms with Crippen LogP contribution in [0.2, 0.25) is 0 Å². The van der Waals surface area contributed by atoms with Crippen LogP contribution in [-0.2, 0) is 0 Å². The number of benzene rings is 1. The Hall–Kier alpha value is -2.37. The van der Waals surface area contributed by atoms with E-state index in [2.05, 4.69) is 19.9 Å². The van der Waals surface area contributed by atoms with Gasteiger partial charge in [0, 0.05) is 13.1 Å². The van der Waals surface area contributed by atoms with Gasteiger partial charge in [0.2, 0.25) is 5.95 Å². The summed E-state index contributed by atoms with van der Waals surface area (Å²) in [6, 6.07) is 9.55. The standard InChI is InChI=1S/C14H17N5O/c20-19-11-15-13(16-12-7-3-1-4-8-12)17-14(19)18-9-5-2-6-10-18/h1,3-4,7-8,11,20H,2,5-6,9-10H2. The molecule has 0 atom stereocenters. The monoisotopic (exact) mass is 271 g/mol. The maximum atomic E-state index is 9.86. The predicted octanol–water partition coefficient (Wildman–Crippen LogP) is 1.74. The minimum Gasteiger partial charge on any atom is -0.424 e. The molecule has 1 aromatic heterocycles. The summed E-state index contributed by atoms with van der Waals surface area (Å²) < 4.78 is 0.968. The summed E-state index contributed by atoms with van der Waals surface area (Å²) in [4.78, 5) is 14.8. The van der Waals surface area contributed by atoms with E-state index in [1.807, 2.05) is 30.3 Å². The van der Waals surface area contributed by atoms with E-state index in [0.29, 0.717) is 11.6 Å². The summed E-state index contributed by atoms with van der Waals surface area (Å²) >= 11 is 0. The molecule has 1 N–H and O–H groups in total. The minimum absolute atomic E-state index is 0.363. The highest BCUT2D eigenvalue weighted by atomic mass is 16.5. The van der Waals surface area contributed by atoms with Crippen molar-refractivity contribution in [3.05, 3.63) is 42.3 Å². The highest BCUT2D eigenvalue weighted by Gasteiger charge is 2.15. The molecule has 0 spiro atoms. The first-order valence-corrected chi connectivity index (χ1v) is 6.82. The van der Waals surface area contributed by atoms with Gasteiger partial charge in [-0.2, -0.15) is 9.97 Å². The first-order chi connectivity index (χ1) is 9.83. The third-order valence-electron chi connectivity index (χ3n) is 3.31. The normalized spacial score (nSPS) is 16.4. The fraction of sp³-hybridized carbons (Fsp3) is 0.357. The zero-order chi connectivity index (χ0) is 13.8. The van der Waals surface area contributed by atoms with E-state index >= 15 is 0 Å². The third-order valence-corrected chi connectivity index (χ3v) is 3.31. The van der Waals surface area contributed by atoms with Crippen molar-refractivity contribution in [2.24, 2.45) is 4.99 Å². The maximum Gasteiger partial charge on any atom is 0.254 e. The predicted molar refractivity (Wildman–Crippen MR) is 74.9 cm³/mol. The summed E-state index contributed by atoms with van der Waals surface area (Å²) in [6.45, 7) is 1.81. The van der Waals surface area contributed by atoms with Gasteiger partial charge in [-0.05, 0) is 31.4 Å². The zero-order valence-corrected chi connectivity index (χ0v) is 11.2. The number of nitrogens with zero attached hydrogens (tertiary/aromatic N) is 5. The second-order valence-electron chi connectivity index (χ2n) is 4.80. The lowest BCUT2D eigenvalue weighted by Gasteiger charge is -2.27. The smallest absolute Gasteiger partial charge is 0.254 e. The number of anilines is 1. The van der Waals surface area contributed by atoms with E-state index < -0.39 is 0 Å². The molecule has 0 saturated carbocycles. The summed E-state index contributed by atoms with van der Waals surface area (Å²) in [5.41, 5.74) is 1.16. The molecule has 1 fully saturated rings. The van der Waals surface area contributed by atoms with Gasteiger partial charge in [0.1, 0.15) is 6.33 Å². The van der Waals surface area contributed by atoms with E-state index in [1.165, 1.54) is 12.7 Å². The SMILES string of the molecule is On1cnc(=Nc2ccccc2)nc1N1CCCCC1. The van der Waals surface area contributed by atoms with Crippen molar-refractivity contribution in [3.8, 4) is 0 Å². The highest BCUT2D eigenvalue weighted by molar-refractivity contribution is 5.35. The Bertz CT molecular complexity index is 632. The summed E-state index contributed by atoms with van der Waals surface area (Å²) in [5.74, 6) is 0.509. The fourth-order valence-electron chi connectivity index (χ4n) is 2.31. The first-order valence-electron chi connectivity index (χ1n) is 6.82. The van der Waals surface area contributed by atoms with Crippen molar-refractivity contribution in [3.63, 3.8) is 0 Å². The molecular formula is C14H17N5O. The van der Waals surface area contributed by atoms with Crippen LogP contribution in [0.4, 0.5) is 11.6 Å². The lowest BCUT2D eigenvalue weighted by molar-refractivity contribution is 0.177. The molecule has 1 aliphatic rings. The largest absolute Gasteiger partial charge is 0.424 e. The molecule has 2 heterocycles. The summed E-state index contributed by atoms with van der Waals surface area (Å²) in [7, 11) is 0. The van der Waals surface area contributed by atoms with Gasteiger partial charge in [-0.25, -0.2) is 4.99 Å². The molecule has 1 aromatic carbocycles. The number of rotatable bonds is 2. The molecule has 1 saturated heterocycles. The Labute approximate surface area is 117 Å². The summed E-state index contributed by atoms with van der Waals surface area (Å²) in [5, 5.41) is 9.86. The molecule has 1 aliphatic heterocycles. The van der Waals surface area contributed by atoms with Crippen molar-refractivity contribution in [2.45, 2.75) is 19.3 Å². The van der Waals surface area contributed by atoms with Crippen LogP contribution in [0.3, 0.4) is 0 Å². The van der Waals surface area contributed by atoms with Crippen LogP contribution in [0.15, 0.2) is 41.7 Å². The number of piperidine rings is 1. The van der Waals surface area contributed by atoms with Gasteiger partial charge in [0.25, 0.3) is 5.62 Å². The fourth-order valence-corrected chi connectivity index (χ4v) is 2.31. The van der Waals surface area contributed by atoms with Gasteiger partial charge in [-0.15, -0.1) is 4.73 Å². The Balaban J connectivity index is 1.96. The Morgan fingerprint density at radius 2 is 1.80 bits per heavy atom. The van der Waals surface area contributed by atoms with Crippen LogP contribution in [-0.4, -0.2) is 33.0 Å². The van der Waals surface area contributed by atoms with Gasteiger partial charge >= 0.3 is 0 Å². The average Bonchev–Trinajstić information content (AvgIpc) is 2.51. The third kappa shape index (κ3) is 2.79. The van der Waals surface area contributed by atoms with Gasteiger partial charge in [-0.3, -0.25) is 0 Å². The van der Waals surface area contributed by atoms with Crippen molar-refractivity contribution in [1.82, 2.24) is 14.7 Å². The van der Waals surface area contributed by atoms with Crippen molar-refractivity contribution < 1.29 is 5.21 Å². The zero-order valence-electron chi connectivity index (χ0n) is 11.2. The van der Waals surface area contributed by atoms with E-state index in [9.17, 15) is 5.21 Å². The van der Waals surface area contributed by atoms with E-state index in [-0.39, 0.29) is 0 Å². The lowest BCUT2D eigenvalue weighted by Crippen LogP contribution is -2.35. The van der Waals surface area contributed by atoms with E-state index in [4.69, 9.17) is 0 Å². The Morgan fingerprint density at radius 1 is 1.05 bits per heavy atom. The molecule has 0 aliphatic carbocycles. The van der Waals surface area contributed by atoms with Crippen LogP contribution >= 0.6 is 0 Å². The van der Waals surface area contributed by atoms with Gasteiger partial charge < -0.3 is 10.1 Å². The number of aromatic nitrogens is 3. The van der Waals surface area contributed by atoms with Gasteiger partial charge in [0.05, 0.1) is 5.69 Å².